The maximum atomic E-state index is 13.1. The smallest absolute Gasteiger partial charge is 0.255 e. The van der Waals surface area contributed by atoms with E-state index in [9.17, 15) is 9.59 Å². The van der Waals surface area contributed by atoms with Crippen molar-refractivity contribution in [3.63, 3.8) is 0 Å². The Morgan fingerprint density at radius 1 is 1.31 bits per heavy atom. The molecular formula is C26H28ClN5O3S. The number of hydrogen-bond acceptors (Lipinski definition) is 7. The molecule has 0 bridgehead atoms. The quantitative estimate of drug-likeness (QED) is 0.468. The van der Waals surface area contributed by atoms with Gasteiger partial charge in [0, 0.05) is 24.1 Å². The molecule has 3 aromatic rings. The molecule has 2 aromatic heterocycles. The first kappa shape index (κ1) is 24.7. The summed E-state index contributed by atoms with van der Waals surface area (Å²) >= 11 is 7.90. The SMILES string of the molecule is Cc1cccc([C@@H](C)NC(=O)CN2Cc3sc(-c4nc(NC5CCOCC5)ncc4Cl)cc3C2=O)c1. The molecule has 2 aliphatic rings. The number of carbonyl (C=O) groups is 2. The average Bonchev–Trinajstić information content (AvgIpc) is 3.40. The van der Waals surface area contributed by atoms with E-state index in [1.807, 2.05) is 44.2 Å². The monoisotopic (exact) mass is 525 g/mol. The first-order valence-corrected chi connectivity index (χ1v) is 13.2. The lowest BCUT2D eigenvalue weighted by Gasteiger charge is -2.23. The Morgan fingerprint density at radius 2 is 2.11 bits per heavy atom. The number of amides is 2. The number of thiophene rings is 1. The number of anilines is 1. The molecule has 0 radical (unpaired) electrons. The molecule has 2 N–H and O–H groups in total. The second-order valence-corrected chi connectivity index (χ2v) is 10.8. The zero-order valence-electron chi connectivity index (χ0n) is 20.2. The number of rotatable bonds is 7. The van der Waals surface area contributed by atoms with Crippen LogP contribution in [0.2, 0.25) is 5.02 Å². The highest BCUT2D eigenvalue weighted by atomic mass is 35.5. The van der Waals surface area contributed by atoms with Crippen molar-refractivity contribution < 1.29 is 14.3 Å². The molecule has 0 spiro atoms. The third-order valence-electron chi connectivity index (χ3n) is 6.45. The summed E-state index contributed by atoms with van der Waals surface area (Å²) in [5.74, 6) is 0.175. The zero-order valence-corrected chi connectivity index (χ0v) is 21.8. The van der Waals surface area contributed by atoms with Crippen molar-refractivity contribution in [2.75, 3.05) is 25.1 Å². The molecule has 1 fully saturated rings. The zero-order chi connectivity index (χ0) is 25.2. The van der Waals surface area contributed by atoms with Gasteiger partial charge in [-0.3, -0.25) is 9.59 Å². The van der Waals surface area contributed by atoms with Crippen LogP contribution in [0.5, 0.6) is 0 Å². The van der Waals surface area contributed by atoms with Gasteiger partial charge in [-0.15, -0.1) is 11.3 Å². The van der Waals surface area contributed by atoms with Gasteiger partial charge in [-0.25, -0.2) is 9.97 Å². The second-order valence-electron chi connectivity index (χ2n) is 9.23. The molecule has 2 amide bonds. The Hall–Kier alpha value is -3.01. The lowest BCUT2D eigenvalue weighted by atomic mass is 10.1. The second kappa shape index (κ2) is 10.5. The molecule has 0 unspecified atom stereocenters. The van der Waals surface area contributed by atoms with E-state index in [1.165, 1.54) is 11.3 Å². The van der Waals surface area contributed by atoms with Crippen LogP contribution < -0.4 is 10.6 Å². The fourth-order valence-corrected chi connectivity index (χ4v) is 5.92. The number of fused-ring (bicyclic) bond motifs is 1. The molecule has 8 nitrogen and oxygen atoms in total. The highest BCUT2D eigenvalue weighted by molar-refractivity contribution is 7.16. The van der Waals surface area contributed by atoms with Crippen LogP contribution in [0.15, 0.2) is 36.5 Å². The summed E-state index contributed by atoms with van der Waals surface area (Å²) in [4.78, 5) is 38.0. The van der Waals surface area contributed by atoms with E-state index in [-0.39, 0.29) is 30.4 Å². The molecule has 10 heteroatoms. The highest BCUT2D eigenvalue weighted by Crippen LogP contribution is 2.38. The van der Waals surface area contributed by atoms with E-state index < -0.39 is 0 Å². The van der Waals surface area contributed by atoms with E-state index in [2.05, 4.69) is 20.6 Å². The van der Waals surface area contributed by atoms with Crippen LogP contribution in [0.4, 0.5) is 5.95 Å². The van der Waals surface area contributed by atoms with E-state index in [0.717, 1.165) is 46.9 Å². The number of nitrogens with zero attached hydrogens (tertiary/aromatic N) is 3. The summed E-state index contributed by atoms with van der Waals surface area (Å²) < 4.78 is 5.41. The summed E-state index contributed by atoms with van der Waals surface area (Å²) in [5.41, 5.74) is 3.37. The van der Waals surface area contributed by atoms with Gasteiger partial charge in [0.25, 0.3) is 5.91 Å². The first-order valence-electron chi connectivity index (χ1n) is 12.0. The summed E-state index contributed by atoms with van der Waals surface area (Å²) in [6.45, 7) is 5.80. The van der Waals surface area contributed by atoms with Crippen molar-refractivity contribution >= 4 is 40.7 Å². The minimum Gasteiger partial charge on any atom is -0.381 e. The first-order chi connectivity index (χ1) is 17.4. The van der Waals surface area contributed by atoms with Gasteiger partial charge in [0.1, 0.15) is 12.2 Å². The Kier molecular flexibility index (Phi) is 7.22. The Bertz CT molecular complexity index is 1290. The van der Waals surface area contributed by atoms with Gasteiger partial charge >= 0.3 is 0 Å². The van der Waals surface area contributed by atoms with Gasteiger partial charge < -0.3 is 20.3 Å². The predicted octanol–water partition coefficient (Wildman–Crippen LogP) is 4.59. The molecular weight excluding hydrogens is 498 g/mol. The lowest BCUT2D eigenvalue weighted by Crippen LogP contribution is -2.38. The van der Waals surface area contributed by atoms with Crippen molar-refractivity contribution in [1.82, 2.24) is 20.2 Å². The van der Waals surface area contributed by atoms with Crippen molar-refractivity contribution in [2.45, 2.75) is 45.3 Å². The van der Waals surface area contributed by atoms with Crippen molar-refractivity contribution in [2.24, 2.45) is 0 Å². The van der Waals surface area contributed by atoms with E-state index in [1.54, 1.807) is 11.1 Å². The molecule has 1 aromatic carbocycles. The van der Waals surface area contributed by atoms with Gasteiger partial charge in [0.05, 0.1) is 34.2 Å². The molecule has 4 heterocycles. The van der Waals surface area contributed by atoms with Crippen molar-refractivity contribution in [3.8, 4) is 10.6 Å². The number of ether oxygens (including phenoxy) is 1. The third kappa shape index (κ3) is 5.38. The highest BCUT2D eigenvalue weighted by Gasteiger charge is 2.32. The standard InChI is InChI=1S/C26H28ClN5O3S/c1-15-4-3-5-17(10-15)16(2)29-23(33)14-32-13-22-19(25(32)34)11-21(36-22)24-20(27)12-28-26(31-24)30-18-6-8-35-9-7-18/h3-5,10-12,16,18H,6-9,13-14H2,1-2H3,(H,29,33)(H,28,30,31)/t16-/m1/s1. The minimum atomic E-state index is -0.185. The maximum Gasteiger partial charge on any atom is 0.255 e. The number of aromatic nitrogens is 2. The molecule has 1 saturated heterocycles. The van der Waals surface area contributed by atoms with Crippen LogP contribution in [0.25, 0.3) is 10.6 Å². The molecule has 36 heavy (non-hydrogen) atoms. The van der Waals surface area contributed by atoms with Crippen molar-refractivity contribution in [3.05, 3.63) is 63.1 Å². The fraction of sp³-hybridized carbons (Fsp3) is 0.385. The number of carbonyl (C=O) groups excluding carboxylic acids is 2. The summed E-state index contributed by atoms with van der Waals surface area (Å²) in [6.07, 6.45) is 3.39. The van der Waals surface area contributed by atoms with Gasteiger partial charge in [-0.2, -0.15) is 0 Å². The summed E-state index contributed by atoms with van der Waals surface area (Å²) in [6, 6.07) is 9.97. The summed E-state index contributed by atoms with van der Waals surface area (Å²) in [5, 5.41) is 6.79. The largest absolute Gasteiger partial charge is 0.381 e. The van der Waals surface area contributed by atoms with Gasteiger partial charge in [-0.1, -0.05) is 41.4 Å². The maximum absolute atomic E-state index is 13.1. The Balaban J connectivity index is 1.24. The van der Waals surface area contributed by atoms with Crippen LogP contribution >= 0.6 is 22.9 Å². The van der Waals surface area contributed by atoms with Crippen LogP contribution in [-0.2, 0) is 16.1 Å². The number of aryl methyl sites for hydroxylation is 1. The molecule has 0 aliphatic carbocycles. The Labute approximate surface area is 219 Å². The average molecular weight is 526 g/mol. The predicted molar refractivity (Wildman–Crippen MR) is 140 cm³/mol. The van der Waals surface area contributed by atoms with Gasteiger partial charge in [-0.05, 0) is 38.3 Å². The Morgan fingerprint density at radius 3 is 2.86 bits per heavy atom. The van der Waals surface area contributed by atoms with Crippen LogP contribution in [0.1, 0.15) is 52.2 Å². The van der Waals surface area contributed by atoms with E-state index in [4.69, 9.17) is 16.3 Å². The van der Waals surface area contributed by atoms with Gasteiger partial charge in [0.15, 0.2) is 0 Å². The lowest BCUT2D eigenvalue weighted by molar-refractivity contribution is -0.122. The molecule has 1 atom stereocenters. The number of benzene rings is 1. The van der Waals surface area contributed by atoms with Crippen LogP contribution in [-0.4, -0.2) is 52.5 Å². The number of halogens is 1. The van der Waals surface area contributed by atoms with E-state index >= 15 is 0 Å². The molecule has 188 valence electrons. The normalized spacial score (nSPS) is 16.6. The number of hydrogen-bond donors (Lipinski definition) is 2. The summed E-state index contributed by atoms with van der Waals surface area (Å²) in [7, 11) is 0. The molecule has 2 aliphatic heterocycles. The van der Waals surface area contributed by atoms with Crippen LogP contribution in [0.3, 0.4) is 0 Å². The molecule has 5 rings (SSSR count). The van der Waals surface area contributed by atoms with Crippen molar-refractivity contribution in [1.29, 1.82) is 0 Å². The minimum absolute atomic E-state index is 0.0131. The van der Waals surface area contributed by atoms with E-state index in [0.29, 0.717) is 28.8 Å². The molecule has 0 saturated carbocycles. The topological polar surface area (TPSA) is 96.5 Å². The van der Waals surface area contributed by atoms with Gasteiger partial charge in [0.2, 0.25) is 11.9 Å². The third-order valence-corrected chi connectivity index (χ3v) is 7.85. The number of nitrogens with one attached hydrogen (secondary N) is 2. The van der Waals surface area contributed by atoms with Crippen LogP contribution in [0, 0.1) is 6.92 Å². The fourth-order valence-electron chi connectivity index (χ4n) is 4.50.